The van der Waals surface area contributed by atoms with Gasteiger partial charge in [-0.15, -0.1) is 0 Å². The molecule has 0 aromatic heterocycles. The quantitative estimate of drug-likeness (QED) is 0.660. The fourth-order valence-corrected chi connectivity index (χ4v) is 3.45. The summed E-state index contributed by atoms with van der Waals surface area (Å²) in [5.74, 6) is 0.294. The van der Waals surface area contributed by atoms with Gasteiger partial charge in [0.2, 0.25) is 15.9 Å². The van der Waals surface area contributed by atoms with Crippen LogP contribution < -0.4 is 5.32 Å². The van der Waals surface area contributed by atoms with Crippen molar-refractivity contribution in [2.45, 2.75) is 52.4 Å². The van der Waals surface area contributed by atoms with Crippen LogP contribution in [0.15, 0.2) is 11.6 Å². The molecule has 0 saturated heterocycles. The topological polar surface area (TPSA) is 66.5 Å². The Morgan fingerprint density at radius 3 is 2.59 bits per heavy atom. The van der Waals surface area contributed by atoms with Crippen molar-refractivity contribution in [2.24, 2.45) is 5.92 Å². The Balaban J connectivity index is 2.41. The zero-order valence-corrected chi connectivity index (χ0v) is 14.9. The van der Waals surface area contributed by atoms with Gasteiger partial charge in [-0.05, 0) is 38.0 Å². The van der Waals surface area contributed by atoms with Crippen LogP contribution in [0.5, 0.6) is 0 Å². The summed E-state index contributed by atoms with van der Waals surface area (Å²) in [4.78, 5) is 11.6. The highest BCUT2D eigenvalue weighted by molar-refractivity contribution is 7.88. The van der Waals surface area contributed by atoms with Crippen LogP contribution in [0.1, 0.15) is 52.4 Å². The van der Waals surface area contributed by atoms with Crippen LogP contribution in [0.2, 0.25) is 0 Å². The van der Waals surface area contributed by atoms with Gasteiger partial charge in [0.05, 0.1) is 6.26 Å². The zero-order chi connectivity index (χ0) is 16.6. The van der Waals surface area contributed by atoms with Crippen molar-refractivity contribution < 1.29 is 13.2 Å². The second kappa shape index (κ2) is 9.30. The molecular weight excluding hydrogens is 300 g/mol. The average Bonchev–Trinajstić information content (AvgIpc) is 2.41. The molecule has 22 heavy (non-hydrogen) atoms. The highest BCUT2D eigenvalue weighted by Gasteiger charge is 2.17. The highest BCUT2D eigenvalue weighted by Crippen LogP contribution is 2.20. The Hall–Kier alpha value is -0.880. The Kier molecular flexibility index (Phi) is 8.10. The second-order valence-corrected chi connectivity index (χ2v) is 8.45. The van der Waals surface area contributed by atoms with E-state index in [0.717, 1.165) is 19.3 Å². The summed E-state index contributed by atoms with van der Waals surface area (Å²) < 4.78 is 25.2. The normalized spacial score (nSPS) is 16.0. The lowest BCUT2D eigenvalue weighted by molar-refractivity contribution is -0.121. The van der Waals surface area contributed by atoms with E-state index >= 15 is 0 Å². The van der Waals surface area contributed by atoms with E-state index in [1.54, 1.807) is 0 Å². The number of amides is 1. The van der Waals surface area contributed by atoms with Gasteiger partial charge in [0.15, 0.2) is 0 Å². The van der Waals surface area contributed by atoms with Crippen molar-refractivity contribution in [2.75, 3.05) is 25.9 Å². The van der Waals surface area contributed by atoms with Crippen LogP contribution in [-0.4, -0.2) is 44.5 Å². The summed E-state index contributed by atoms with van der Waals surface area (Å²) in [5.41, 5.74) is 1.36. The highest BCUT2D eigenvalue weighted by atomic mass is 32.2. The molecular formula is C16H30N2O3S. The number of rotatable bonds is 9. The first-order valence-electron chi connectivity index (χ1n) is 8.18. The van der Waals surface area contributed by atoms with Gasteiger partial charge < -0.3 is 5.32 Å². The van der Waals surface area contributed by atoms with Crippen molar-refractivity contribution in [3.05, 3.63) is 11.6 Å². The number of nitrogens with one attached hydrogen (secondary N) is 1. The molecule has 0 fully saturated rings. The third kappa shape index (κ3) is 7.94. The monoisotopic (exact) mass is 330 g/mol. The Bertz CT molecular complexity index is 484. The molecule has 1 amide bonds. The van der Waals surface area contributed by atoms with E-state index in [9.17, 15) is 13.2 Å². The number of carbonyl (C=O) groups excluding carboxylic acids is 1. The third-order valence-electron chi connectivity index (χ3n) is 3.81. The fraction of sp³-hybridized carbons (Fsp3) is 0.812. The van der Waals surface area contributed by atoms with Gasteiger partial charge in [-0.2, -0.15) is 0 Å². The predicted molar refractivity (Wildman–Crippen MR) is 90.0 cm³/mol. The maximum atomic E-state index is 11.9. The number of hydrogen-bond acceptors (Lipinski definition) is 3. The number of nitrogens with zero attached hydrogens (tertiary/aromatic N) is 1. The minimum absolute atomic E-state index is 0.0153. The lowest BCUT2D eigenvalue weighted by Gasteiger charge is -2.22. The smallest absolute Gasteiger partial charge is 0.220 e. The maximum Gasteiger partial charge on any atom is 0.220 e. The summed E-state index contributed by atoms with van der Waals surface area (Å²) in [5, 5.41) is 2.79. The first-order chi connectivity index (χ1) is 10.3. The molecule has 6 heteroatoms. The lowest BCUT2D eigenvalue weighted by atomic mass is 9.97. The third-order valence-corrected chi connectivity index (χ3v) is 5.12. The molecule has 0 radical (unpaired) electrons. The number of sulfonamides is 1. The minimum Gasteiger partial charge on any atom is -0.355 e. The molecule has 1 aliphatic rings. The van der Waals surface area contributed by atoms with E-state index in [2.05, 4.69) is 11.4 Å². The van der Waals surface area contributed by atoms with Crippen molar-refractivity contribution in [1.82, 2.24) is 9.62 Å². The Morgan fingerprint density at radius 1 is 1.32 bits per heavy atom. The molecule has 0 aliphatic heterocycles. The van der Waals surface area contributed by atoms with Gasteiger partial charge in [0.25, 0.3) is 0 Å². The molecule has 1 aliphatic carbocycles. The van der Waals surface area contributed by atoms with Crippen LogP contribution in [0, 0.1) is 5.92 Å². The van der Waals surface area contributed by atoms with E-state index in [-0.39, 0.29) is 5.91 Å². The van der Waals surface area contributed by atoms with Crippen LogP contribution in [0.25, 0.3) is 0 Å². The van der Waals surface area contributed by atoms with Crippen molar-refractivity contribution in [3.8, 4) is 0 Å². The van der Waals surface area contributed by atoms with Crippen LogP contribution in [0.3, 0.4) is 0 Å². The standard InChI is InChI=1S/C16H30N2O3S/c1-14(2)13-16(19)17-10-12-18(22(3,20)21)11-9-15-7-5-4-6-8-15/h7,14H,4-6,8-13H2,1-3H3,(H,17,19). The maximum absolute atomic E-state index is 11.9. The molecule has 1 N–H and O–H groups in total. The van der Waals surface area contributed by atoms with E-state index < -0.39 is 10.0 Å². The number of carbonyl (C=O) groups is 1. The van der Waals surface area contributed by atoms with Gasteiger partial charge in [-0.25, -0.2) is 12.7 Å². The van der Waals surface area contributed by atoms with E-state index in [0.29, 0.717) is 32.0 Å². The van der Waals surface area contributed by atoms with Crippen molar-refractivity contribution in [3.63, 3.8) is 0 Å². The molecule has 0 aromatic carbocycles. The summed E-state index contributed by atoms with van der Waals surface area (Å²) in [7, 11) is -3.23. The zero-order valence-electron chi connectivity index (χ0n) is 14.1. The van der Waals surface area contributed by atoms with Gasteiger partial charge in [0, 0.05) is 26.1 Å². The Labute approximate surface area is 135 Å². The van der Waals surface area contributed by atoms with Gasteiger partial charge in [0.1, 0.15) is 0 Å². The molecule has 0 spiro atoms. The molecule has 1 rings (SSSR count). The van der Waals surface area contributed by atoms with Crippen molar-refractivity contribution in [1.29, 1.82) is 0 Å². The second-order valence-electron chi connectivity index (χ2n) is 6.47. The molecule has 128 valence electrons. The summed E-state index contributed by atoms with van der Waals surface area (Å²) in [6.07, 6.45) is 9.39. The average molecular weight is 330 g/mol. The molecule has 0 heterocycles. The molecule has 0 unspecified atom stereocenters. The van der Waals surface area contributed by atoms with Gasteiger partial charge in [-0.1, -0.05) is 25.5 Å². The predicted octanol–water partition coefficient (Wildman–Crippen LogP) is 2.30. The van der Waals surface area contributed by atoms with Gasteiger partial charge in [-0.3, -0.25) is 4.79 Å². The minimum atomic E-state index is -3.23. The first kappa shape index (κ1) is 19.2. The van der Waals surface area contributed by atoms with Crippen LogP contribution in [-0.2, 0) is 14.8 Å². The molecule has 0 saturated carbocycles. The molecule has 5 nitrogen and oxygen atoms in total. The van der Waals surface area contributed by atoms with Crippen LogP contribution >= 0.6 is 0 Å². The number of hydrogen-bond donors (Lipinski definition) is 1. The first-order valence-corrected chi connectivity index (χ1v) is 10.0. The lowest BCUT2D eigenvalue weighted by Crippen LogP contribution is -2.39. The molecule has 0 aromatic rings. The summed E-state index contributed by atoms with van der Waals surface area (Å²) in [6.45, 7) is 5.19. The van der Waals surface area contributed by atoms with E-state index in [1.165, 1.54) is 29.0 Å². The fourth-order valence-electron chi connectivity index (χ4n) is 2.61. The Morgan fingerprint density at radius 2 is 2.05 bits per heavy atom. The van der Waals surface area contributed by atoms with Crippen molar-refractivity contribution >= 4 is 15.9 Å². The van der Waals surface area contributed by atoms with E-state index in [1.807, 2.05) is 13.8 Å². The largest absolute Gasteiger partial charge is 0.355 e. The summed E-state index contributed by atoms with van der Waals surface area (Å²) >= 11 is 0. The molecule has 0 atom stereocenters. The van der Waals surface area contributed by atoms with Crippen LogP contribution in [0.4, 0.5) is 0 Å². The SMILES string of the molecule is CC(C)CC(=O)NCCN(CCC1=CCCCC1)S(C)(=O)=O. The number of allylic oxidation sites excluding steroid dienone is 1. The molecule has 0 bridgehead atoms. The van der Waals surface area contributed by atoms with Gasteiger partial charge >= 0.3 is 0 Å². The summed E-state index contributed by atoms with van der Waals surface area (Å²) in [6, 6.07) is 0. The van der Waals surface area contributed by atoms with E-state index in [4.69, 9.17) is 0 Å².